The van der Waals surface area contributed by atoms with Gasteiger partial charge in [0.25, 0.3) is 0 Å². The summed E-state index contributed by atoms with van der Waals surface area (Å²) in [4.78, 5) is 23.7. The van der Waals surface area contributed by atoms with E-state index in [-0.39, 0.29) is 17.7 Å². The molecule has 1 aromatic carbocycles. The Labute approximate surface area is 126 Å². The molecule has 2 amide bonds. The van der Waals surface area contributed by atoms with Crippen molar-refractivity contribution in [2.45, 2.75) is 52.0 Å². The molecule has 0 unspecified atom stereocenters. The van der Waals surface area contributed by atoms with Gasteiger partial charge in [-0.2, -0.15) is 0 Å². The lowest BCUT2D eigenvalue weighted by molar-refractivity contribution is -0.121. The Morgan fingerprint density at radius 3 is 2.29 bits per heavy atom. The average molecular weight is 288 g/mol. The second-order valence-corrected chi connectivity index (χ2v) is 5.72. The third-order valence-corrected chi connectivity index (χ3v) is 3.89. The van der Waals surface area contributed by atoms with Crippen LogP contribution in [-0.4, -0.2) is 17.9 Å². The van der Waals surface area contributed by atoms with E-state index >= 15 is 0 Å². The highest BCUT2D eigenvalue weighted by Crippen LogP contribution is 2.19. The molecule has 2 N–H and O–H groups in total. The minimum atomic E-state index is 0.0639. The number of hydrogen-bond acceptors (Lipinski definition) is 2. The molecule has 4 heteroatoms. The number of hydrogen-bond donors (Lipinski definition) is 2. The number of benzene rings is 1. The molecule has 21 heavy (non-hydrogen) atoms. The first-order valence-electron chi connectivity index (χ1n) is 7.81. The number of carbonyl (C=O) groups is 2. The van der Waals surface area contributed by atoms with Crippen molar-refractivity contribution in [1.29, 1.82) is 0 Å². The van der Waals surface area contributed by atoms with Crippen molar-refractivity contribution in [2.75, 3.05) is 5.32 Å². The van der Waals surface area contributed by atoms with Crippen molar-refractivity contribution >= 4 is 17.5 Å². The van der Waals surface area contributed by atoms with Gasteiger partial charge in [-0.3, -0.25) is 9.59 Å². The second kappa shape index (κ2) is 7.25. The molecule has 0 aliphatic heterocycles. The van der Waals surface area contributed by atoms with Crippen LogP contribution in [0.2, 0.25) is 0 Å². The quantitative estimate of drug-likeness (QED) is 0.810. The van der Waals surface area contributed by atoms with Crippen LogP contribution in [0, 0.1) is 5.92 Å². The maximum Gasteiger partial charge on any atom is 0.227 e. The van der Waals surface area contributed by atoms with E-state index in [4.69, 9.17) is 0 Å². The van der Waals surface area contributed by atoms with Gasteiger partial charge in [-0.05, 0) is 43.4 Å². The summed E-state index contributed by atoms with van der Waals surface area (Å²) in [6.07, 6.45) is 4.31. The van der Waals surface area contributed by atoms with Crippen LogP contribution in [0.3, 0.4) is 0 Å². The van der Waals surface area contributed by atoms with E-state index in [1.165, 1.54) is 0 Å². The summed E-state index contributed by atoms with van der Waals surface area (Å²) in [7, 11) is 0. The Morgan fingerprint density at radius 1 is 1.14 bits per heavy atom. The molecular formula is C17H24N2O2. The zero-order chi connectivity index (χ0) is 15.2. The van der Waals surface area contributed by atoms with Gasteiger partial charge in [0.2, 0.25) is 11.8 Å². The van der Waals surface area contributed by atoms with Gasteiger partial charge in [0.05, 0.1) is 6.42 Å². The summed E-state index contributed by atoms with van der Waals surface area (Å²) in [5, 5.41) is 5.90. The third kappa shape index (κ3) is 4.88. The molecule has 0 aromatic heterocycles. The lowest BCUT2D eigenvalue weighted by atomic mass is 10.0. The molecule has 1 aliphatic carbocycles. The SMILES string of the molecule is CCC(CC)C(=O)Nc1ccc(CC(=O)NC2CC2)cc1. The number of amides is 2. The molecule has 114 valence electrons. The molecule has 4 nitrogen and oxygen atoms in total. The summed E-state index contributed by atoms with van der Waals surface area (Å²) < 4.78 is 0. The molecule has 0 bridgehead atoms. The molecule has 0 saturated heterocycles. The van der Waals surface area contributed by atoms with Gasteiger partial charge in [0.1, 0.15) is 0 Å². The zero-order valence-corrected chi connectivity index (χ0v) is 12.8. The fraction of sp³-hybridized carbons (Fsp3) is 0.529. The minimum Gasteiger partial charge on any atom is -0.353 e. The summed E-state index contributed by atoms with van der Waals surface area (Å²) in [6.45, 7) is 4.05. The predicted octanol–water partition coefficient (Wildman–Crippen LogP) is 2.88. The van der Waals surface area contributed by atoms with Gasteiger partial charge < -0.3 is 10.6 Å². The van der Waals surface area contributed by atoms with Crippen molar-refractivity contribution in [1.82, 2.24) is 5.32 Å². The molecule has 1 aromatic rings. The van der Waals surface area contributed by atoms with Crippen LogP contribution in [0.4, 0.5) is 5.69 Å². The maximum atomic E-state index is 12.0. The number of nitrogens with one attached hydrogen (secondary N) is 2. The van der Waals surface area contributed by atoms with Crippen LogP contribution in [-0.2, 0) is 16.0 Å². The molecule has 1 aliphatic rings. The lowest BCUT2D eigenvalue weighted by Crippen LogP contribution is -2.26. The average Bonchev–Trinajstić information content (AvgIpc) is 3.26. The first kappa shape index (κ1) is 15.5. The number of carbonyl (C=O) groups excluding carboxylic acids is 2. The van der Waals surface area contributed by atoms with Crippen LogP contribution < -0.4 is 10.6 Å². The molecule has 2 rings (SSSR count). The molecule has 1 fully saturated rings. The number of rotatable bonds is 7. The van der Waals surface area contributed by atoms with Crippen molar-refractivity contribution < 1.29 is 9.59 Å². The van der Waals surface area contributed by atoms with E-state index in [0.717, 1.165) is 36.9 Å². The van der Waals surface area contributed by atoms with E-state index < -0.39 is 0 Å². The fourth-order valence-electron chi connectivity index (χ4n) is 2.30. The zero-order valence-electron chi connectivity index (χ0n) is 12.8. The van der Waals surface area contributed by atoms with Crippen LogP contribution in [0.15, 0.2) is 24.3 Å². The fourth-order valence-corrected chi connectivity index (χ4v) is 2.30. The number of anilines is 1. The minimum absolute atomic E-state index is 0.0639. The summed E-state index contributed by atoms with van der Waals surface area (Å²) in [5.41, 5.74) is 1.76. The Morgan fingerprint density at radius 2 is 1.76 bits per heavy atom. The first-order chi connectivity index (χ1) is 10.1. The van der Waals surface area contributed by atoms with E-state index in [1.54, 1.807) is 0 Å². The predicted molar refractivity (Wildman–Crippen MR) is 84.0 cm³/mol. The van der Waals surface area contributed by atoms with Gasteiger partial charge in [-0.25, -0.2) is 0 Å². The van der Waals surface area contributed by atoms with E-state index in [1.807, 2.05) is 38.1 Å². The van der Waals surface area contributed by atoms with Crippen molar-refractivity contribution in [3.63, 3.8) is 0 Å². The van der Waals surface area contributed by atoms with Crippen molar-refractivity contribution in [3.05, 3.63) is 29.8 Å². The van der Waals surface area contributed by atoms with E-state index in [0.29, 0.717) is 12.5 Å². The Balaban J connectivity index is 1.86. The van der Waals surface area contributed by atoms with Gasteiger partial charge in [-0.15, -0.1) is 0 Å². The topological polar surface area (TPSA) is 58.2 Å². The summed E-state index contributed by atoms with van der Waals surface area (Å²) in [6, 6.07) is 7.92. The van der Waals surface area contributed by atoms with Gasteiger partial charge >= 0.3 is 0 Å². The monoisotopic (exact) mass is 288 g/mol. The molecule has 0 heterocycles. The van der Waals surface area contributed by atoms with E-state index in [2.05, 4.69) is 10.6 Å². The molecule has 0 radical (unpaired) electrons. The molecule has 0 atom stereocenters. The van der Waals surface area contributed by atoms with Crippen LogP contribution in [0.1, 0.15) is 45.1 Å². The molecular weight excluding hydrogens is 264 g/mol. The van der Waals surface area contributed by atoms with Gasteiger partial charge in [0.15, 0.2) is 0 Å². The largest absolute Gasteiger partial charge is 0.353 e. The summed E-state index contributed by atoms with van der Waals surface area (Å²) >= 11 is 0. The Hall–Kier alpha value is -1.84. The van der Waals surface area contributed by atoms with Crippen LogP contribution >= 0.6 is 0 Å². The molecule has 0 spiro atoms. The van der Waals surface area contributed by atoms with Gasteiger partial charge in [0, 0.05) is 17.6 Å². The smallest absolute Gasteiger partial charge is 0.227 e. The highest BCUT2D eigenvalue weighted by Gasteiger charge is 2.23. The summed E-state index contributed by atoms with van der Waals surface area (Å²) in [5.74, 6) is 0.208. The Bertz CT molecular complexity index is 488. The van der Waals surface area contributed by atoms with Crippen molar-refractivity contribution in [2.24, 2.45) is 5.92 Å². The first-order valence-corrected chi connectivity index (χ1v) is 7.81. The van der Waals surface area contributed by atoms with Crippen LogP contribution in [0.5, 0.6) is 0 Å². The van der Waals surface area contributed by atoms with Gasteiger partial charge in [-0.1, -0.05) is 26.0 Å². The normalized spacial score (nSPS) is 14.0. The van der Waals surface area contributed by atoms with Crippen LogP contribution in [0.25, 0.3) is 0 Å². The highest BCUT2D eigenvalue weighted by atomic mass is 16.2. The van der Waals surface area contributed by atoms with Crippen molar-refractivity contribution in [3.8, 4) is 0 Å². The maximum absolute atomic E-state index is 12.0. The second-order valence-electron chi connectivity index (χ2n) is 5.72. The molecule has 1 saturated carbocycles. The Kier molecular flexibility index (Phi) is 5.37. The standard InChI is InChI=1S/C17H24N2O2/c1-3-13(4-2)17(21)19-15-7-5-12(6-8-15)11-16(20)18-14-9-10-14/h5-8,13-14H,3-4,9-11H2,1-2H3,(H,18,20)(H,19,21). The lowest BCUT2D eigenvalue weighted by Gasteiger charge is -2.13. The highest BCUT2D eigenvalue weighted by molar-refractivity contribution is 5.92. The third-order valence-electron chi connectivity index (χ3n) is 3.89. The van der Waals surface area contributed by atoms with E-state index in [9.17, 15) is 9.59 Å².